The smallest absolute Gasteiger partial charge is 0.126 e. The van der Waals surface area contributed by atoms with Gasteiger partial charge in [0.05, 0.1) is 6.61 Å². The molecule has 0 fully saturated rings. The summed E-state index contributed by atoms with van der Waals surface area (Å²) in [4.78, 5) is 0. The zero-order valence-corrected chi connectivity index (χ0v) is 15.8. The van der Waals surface area contributed by atoms with Crippen LogP contribution >= 0.6 is 0 Å². The van der Waals surface area contributed by atoms with Crippen molar-refractivity contribution in [3.05, 3.63) is 77.1 Å². The van der Waals surface area contributed by atoms with Crippen LogP contribution in [0, 0.1) is 5.82 Å². The number of benzene rings is 2. The summed E-state index contributed by atoms with van der Waals surface area (Å²) in [5.74, 6) is 1.19. The zero-order valence-electron chi connectivity index (χ0n) is 15.8. The van der Waals surface area contributed by atoms with Crippen molar-refractivity contribution in [3.8, 4) is 5.75 Å². The summed E-state index contributed by atoms with van der Waals surface area (Å²) in [6.07, 6.45) is 8.79. The first-order chi connectivity index (χ1) is 12.7. The fourth-order valence-corrected chi connectivity index (χ4v) is 3.85. The van der Waals surface area contributed by atoms with Gasteiger partial charge in [-0.25, -0.2) is 4.39 Å². The molecule has 0 spiro atoms. The predicted molar refractivity (Wildman–Crippen MR) is 107 cm³/mol. The maximum Gasteiger partial charge on any atom is 0.126 e. The molecule has 26 heavy (non-hydrogen) atoms. The van der Waals surface area contributed by atoms with Crippen LogP contribution in [0.3, 0.4) is 0 Å². The second kappa shape index (κ2) is 9.02. The number of rotatable bonds is 8. The summed E-state index contributed by atoms with van der Waals surface area (Å²) in [6.45, 7) is 6.58. The largest absolute Gasteiger partial charge is 0.494 e. The third kappa shape index (κ3) is 4.55. The maximum atomic E-state index is 14.6. The summed E-state index contributed by atoms with van der Waals surface area (Å²) in [6, 6.07) is 12.2. The number of ether oxygens (including phenoxy) is 1. The SMILES string of the molecule is C=CCCCOc1ccc2c(c1)CCC(c1ccc(CCC)cc1F)C2. The topological polar surface area (TPSA) is 9.23 Å². The van der Waals surface area contributed by atoms with Crippen LogP contribution in [0.5, 0.6) is 5.75 Å². The van der Waals surface area contributed by atoms with Gasteiger partial charge in [0.25, 0.3) is 0 Å². The number of hydrogen-bond acceptors (Lipinski definition) is 1. The normalized spacial score (nSPS) is 16.2. The molecule has 0 amide bonds. The van der Waals surface area contributed by atoms with Gasteiger partial charge in [-0.2, -0.15) is 0 Å². The molecule has 0 heterocycles. The standard InChI is InChI=1S/C24H29FO/c1-3-5-6-14-26-22-12-11-19-16-21(10-9-20(19)17-22)23-13-8-18(7-4-2)15-24(23)25/h3,8,11-13,15,17,21H,1,4-7,9-10,14,16H2,2H3. The van der Waals surface area contributed by atoms with Crippen LogP contribution in [-0.2, 0) is 19.3 Å². The van der Waals surface area contributed by atoms with Crippen LogP contribution in [0.25, 0.3) is 0 Å². The number of halogens is 1. The van der Waals surface area contributed by atoms with Crippen molar-refractivity contribution in [3.63, 3.8) is 0 Å². The van der Waals surface area contributed by atoms with Crippen LogP contribution in [0.15, 0.2) is 49.1 Å². The third-order valence-electron chi connectivity index (χ3n) is 5.27. The molecule has 2 aromatic rings. The van der Waals surface area contributed by atoms with E-state index < -0.39 is 0 Å². The lowest BCUT2D eigenvalue weighted by molar-refractivity contribution is 0.311. The molecule has 1 aliphatic carbocycles. The molecule has 2 aromatic carbocycles. The van der Waals surface area contributed by atoms with Gasteiger partial charge in [0.2, 0.25) is 0 Å². The summed E-state index contributed by atoms with van der Waals surface area (Å²) < 4.78 is 20.4. The number of hydrogen-bond donors (Lipinski definition) is 0. The lowest BCUT2D eigenvalue weighted by Gasteiger charge is -2.26. The molecule has 1 unspecified atom stereocenters. The second-order valence-corrected chi connectivity index (χ2v) is 7.26. The molecule has 0 bridgehead atoms. The lowest BCUT2D eigenvalue weighted by Crippen LogP contribution is -2.14. The summed E-state index contributed by atoms with van der Waals surface area (Å²) in [5, 5.41) is 0. The van der Waals surface area contributed by atoms with E-state index in [9.17, 15) is 4.39 Å². The first-order valence-electron chi connectivity index (χ1n) is 9.85. The fraction of sp³-hybridized carbons (Fsp3) is 0.417. The van der Waals surface area contributed by atoms with Crippen molar-refractivity contribution in [2.45, 2.75) is 57.8 Å². The summed E-state index contributed by atoms with van der Waals surface area (Å²) >= 11 is 0. The highest BCUT2D eigenvalue weighted by atomic mass is 19.1. The van der Waals surface area contributed by atoms with Crippen LogP contribution < -0.4 is 4.74 Å². The van der Waals surface area contributed by atoms with Gasteiger partial charge in [-0.15, -0.1) is 6.58 Å². The van der Waals surface area contributed by atoms with Crippen LogP contribution in [0.2, 0.25) is 0 Å². The van der Waals surface area contributed by atoms with E-state index in [4.69, 9.17) is 4.74 Å². The Bertz CT molecular complexity index is 750. The highest BCUT2D eigenvalue weighted by Crippen LogP contribution is 2.35. The van der Waals surface area contributed by atoms with Gasteiger partial charge >= 0.3 is 0 Å². The van der Waals surface area contributed by atoms with Crippen molar-refractivity contribution in [2.24, 2.45) is 0 Å². The van der Waals surface area contributed by atoms with Gasteiger partial charge in [-0.05, 0) is 84.9 Å². The Balaban J connectivity index is 1.67. The van der Waals surface area contributed by atoms with E-state index in [2.05, 4.69) is 37.8 Å². The van der Waals surface area contributed by atoms with E-state index in [0.29, 0.717) is 0 Å². The minimum atomic E-state index is -0.0356. The molecule has 0 saturated carbocycles. The molecule has 1 aliphatic rings. The first kappa shape index (κ1) is 18.7. The monoisotopic (exact) mass is 352 g/mol. The second-order valence-electron chi connectivity index (χ2n) is 7.26. The third-order valence-corrected chi connectivity index (χ3v) is 5.27. The molecule has 0 radical (unpaired) electrons. The van der Waals surface area contributed by atoms with Crippen LogP contribution in [0.4, 0.5) is 4.39 Å². The molecule has 0 aliphatic heterocycles. The van der Waals surface area contributed by atoms with Gasteiger partial charge in [0, 0.05) is 0 Å². The van der Waals surface area contributed by atoms with Crippen LogP contribution in [-0.4, -0.2) is 6.61 Å². The van der Waals surface area contributed by atoms with Crippen molar-refractivity contribution in [2.75, 3.05) is 6.61 Å². The van der Waals surface area contributed by atoms with Gasteiger partial charge < -0.3 is 4.74 Å². The Kier molecular flexibility index (Phi) is 6.49. The van der Waals surface area contributed by atoms with Gasteiger partial charge in [0.1, 0.15) is 11.6 Å². The molecule has 1 nitrogen and oxygen atoms in total. The van der Waals surface area contributed by atoms with Crippen molar-refractivity contribution in [1.29, 1.82) is 0 Å². The van der Waals surface area contributed by atoms with Crippen LogP contribution in [0.1, 0.15) is 60.8 Å². The molecule has 138 valence electrons. The van der Waals surface area contributed by atoms with Gasteiger partial charge in [-0.1, -0.05) is 37.6 Å². The van der Waals surface area contributed by atoms with E-state index in [0.717, 1.165) is 68.4 Å². The van der Waals surface area contributed by atoms with Gasteiger partial charge in [-0.3, -0.25) is 0 Å². The average molecular weight is 352 g/mol. The Labute approximate surface area is 156 Å². The molecule has 3 rings (SSSR count). The highest BCUT2D eigenvalue weighted by Gasteiger charge is 2.23. The number of fused-ring (bicyclic) bond motifs is 1. The summed E-state index contributed by atoms with van der Waals surface area (Å²) in [7, 11) is 0. The molecular weight excluding hydrogens is 323 g/mol. The van der Waals surface area contributed by atoms with Crippen molar-refractivity contribution in [1.82, 2.24) is 0 Å². The molecular formula is C24H29FO. The van der Waals surface area contributed by atoms with Crippen molar-refractivity contribution < 1.29 is 9.13 Å². The molecule has 2 heteroatoms. The molecule has 0 aromatic heterocycles. The quantitative estimate of drug-likeness (QED) is 0.395. The molecule has 0 saturated heterocycles. The van der Waals surface area contributed by atoms with E-state index in [1.165, 1.54) is 11.1 Å². The zero-order chi connectivity index (χ0) is 18.4. The lowest BCUT2D eigenvalue weighted by atomic mass is 9.79. The average Bonchev–Trinajstić information content (AvgIpc) is 2.65. The maximum absolute atomic E-state index is 14.6. The Morgan fingerprint density at radius 2 is 2.08 bits per heavy atom. The Hall–Kier alpha value is -2.09. The minimum Gasteiger partial charge on any atom is -0.494 e. The molecule has 0 N–H and O–H groups in total. The number of aryl methyl sites for hydroxylation is 2. The van der Waals surface area contributed by atoms with E-state index in [-0.39, 0.29) is 11.7 Å². The Morgan fingerprint density at radius 3 is 2.85 bits per heavy atom. The Morgan fingerprint density at radius 1 is 1.19 bits per heavy atom. The number of allylic oxidation sites excluding steroid dienone is 1. The highest BCUT2D eigenvalue weighted by molar-refractivity contribution is 5.40. The van der Waals surface area contributed by atoms with Crippen molar-refractivity contribution >= 4 is 0 Å². The van der Waals surface area contributed by atoms with E-state index in [1.807, 2.05) is 12.1 Å². The van der Waals surface area contributed by atoms with E-state index >= 15 is 0 Å². The molecule has 1 atom stereocenters. The number of unbranched alkanes of at least 4 members (excludes halogenated alkanes) is 1. The first-order valence-corrected chi connectivity index (χ1v) is 9.85. The summed E-state index contributed by atoms with van der Waals surface area (Å²) in [5.41, 5.74) is 4.66. The minimum absolute atomic E-state index is 0.0356. The van der Waals surface area contributed by atoms with Gasteiger partial charge in [0.15, 0.2) is 0 Å². The predicted octanol–water partition coefficient (Wildman–Crippen LogP) is 6.40. The fourth-order valence-electron chi connectivity index (χ4n) is 3.85. The van der Waals surface area contributed by atoms with E-state index in [1.54, 1.807) is 6.07 Å².